The van der Waals surface area contributed by atoms with Gasteiger partial charge >= 0.3 is 18.0 Å². The molecule has 2 fully saturated rings. The number of furan rings is 1. The van der Waals surface area contributed by atoms with E-state index in [-0.39, 0.29) is 13.0 Å². The van der Waals surface area contributed by atoms with Gasteiger partial charge in [-0.3, -0.25) is 9.69 Å². The summed E-state index contributed by atoms with van der Waals surface area (Å²) in [5.74, 6) is 6.28. The average molecular weight is 429 g/mol. The lowest BCUT2D eigenvalue weighted by atomic mass is 10.1. The number of urea groups is 2. The second-order valence-electron chi connectivity index (χ2n) is 8.10. The monoisotopic (exact) mass is 429 g/mol. The number of amides is 4. The van der Waals surface area contributed by atoms with E-state index in [9.17, 15) is 14.4 Å². The molecule has 1 aliphatic heterocycles. The first-order valence-electron chi connectivity index (χ1n) is 10.5. The van der Waals surface area contributed by atoms with Crippen molar-refractivity contribution in [2.24, 2.45) is 11.8 Å². The van der Waals surface area contributed by atoms with Gasteiger partial charge in [-0.1, -0.05) is 6.92 Å². The van der Waals surface area contributed by atoms with Gasteiger partial charge in [0, 0.05) is 30.6 Å². The topological polar surface area (TPSA) is 132 Å². The number of anilines is 1. The zero-order chi connectivity index (χ0) is 22.3. The predicted octanol–water partition coefficient (Wildman–Crippen LogP) is 2.92. The number of nitrogens with one attached hydrogen (secondary N) is 1. The molecule has 4 N–H and O–H groups in total. The zero-order valence-corrected chi connectivity index (χ0v) is 17.6. The molecule has 1 atom stereocenters. The maximum Gasteiger partial charge on any atom is 0.345 e. The van der Waals surface area contributed by atoms with Crippen LogP contribution in [0.2, 0.25) is 0 Å². The second-order valence-corrected chi connectivity index (χ2v) is 8.10. The van der Waals surface area contributed by atoms with Crippen LogP contribution < -0.4 is 11.2 Å². The lowest BCUT2D eigenvalue weighted by molar-refractivity contribution is -0.137. The third-order valence-corrected chi connectivity index (χ3v) is 5.84. The maximum absolute atomic E-state index is 13.1. The Hall–Kier alpha value is -3.27. The average Bonchev–Trinajstić information content (AvgIpc) is 3.51. The summed E-state index contributed by atoms with van der Waals surface area (Å²) in [7, 11) is 0. The second kappa shape index (κ2) is 8.10. The minimum Gasteiger partial charge on any atom is -0.481 e. The van der Waals surface area contributed by atoms with E-state index >= 15 is 0 Å². The Morgan fingerprint density at radius 1 is 1.29 bits per heavy atom. The fourth-order valence-corrected chi connectivity index (χ4v) is 3.89. The van der Waals surface area contributed by atoms with E-state index in [1.54, 1.807) is 0 Å². The normalized spacial score (nSPS) is 19.5. The SMILES string of the molecule is CCc1oc2ccc(NC3N(N)C(=O)N(CCC(=O)O)C(=O)N3CC3CC3)cc2c1C. The summed E-state index contributed by atoms with van der Waals surface area (Å²) in [6, 6.07) is 4.32. The first kappa shape index (κ1) is 21.0. The number of nitrogens with two attached hydrogens (primary N) is 1. The minimum absolute atomic E-state index is 0.228. The fourth-order valence-electron chi connectivity index (χ4n) is 3.89. The van der Waals surface area contributed by atoms with E-state index in [2.05, 4.69) is 5.32 Å². The highest BCUT2D eigenvalue weighted by molar-refractivity contribution is 5.96. The third kappa shape index (κ3) is 4.02. The van der Waals surface area contributed by atoms with E-state index < -0.39 is 24.3 Å². The van der Waals surface area contributed by atoms with Gasteiger partial charge in [-0.25, -0.2) is 25.3 Å². The number of carboxylic acids is 1. The van der Waals surface area contributed by atoms with Crippen LogP contribution in [0.15, 0.2) is 22.6 Å². The number of carbonyl (C=O) groups excluding carboxylic acids is 2. The van der Waals surface area contributed by atoms with Crippen molar-refractivity contribution in [2.45, 2.75) is 45.8 Å². The molecule has 1 aliphatic carbocycles. The van der Waals surface area contributed by atoms with Gasteiger partial charge in [0.05, 0.1) is 6.42 Å². The van der Waals surface area contributed by atoms with Gasteiger partial charge in [-0.15, -0.1) is 0 Å². The summed E-state index contributed by atoms with van der Waals surface area (Å²) < 4.78 is 5.85. The Kier molecular flexibility index (Phi) is 5.48. The lowest BCUT2D eigenvalue weighted by Gasteiger charge is -2.45. The Bertz CT molecular complexity index is 1030. The highest BCUT2D eigenvalue weighted by atomic mass is 16.4. The minimum atomic E-state index is -1.09. The van der Waals surface area contributed by atoms with E-state index in [1.807, 2.05) is 32.0 Å². The van der Waals surface area contributed by atoms with Crippen molar-refractivity contribution in [1.82, 2.24) is 14.8 Å². The molecule has 1 aromatic carbocycles. The van der Waals surface area contributed by atoms with Crippen molar-refractivity contribution < 1.29 is 23.9 Å². The molecule has 166 valence electrons. The summed E-state index contributed by atoms with van der Waals surface area (Å²) in [6.45, 7) is 4.24. The van der Waals surface area contributed by atoms with Crippen molar-refractivity contribution in [3.63, 3.8) is 0 Å². The Morgan fingerprint density at radius 3 is 2.68 bits per heavy atom. The number of hydrogen-bond acceptors (Lipinski definition) is 6. The molecule has 4 amide bonds. The highest BCUT2D eigenvalue weighted by Gasteiger charge is 2.45. The van der Waals surface area contributed by atoms with Crippen LogP contribution in [0.4, 0.5) is 15.3 Å². The van der Waals surface area contributed by atoms with Gasteiger partial charge in [0.1, 0.15) is 11.3 Å². The Labute approximate surface area is 179 Å². The van der Waals surface area contributed by atoms with Gasteiger partial charge in [0.2, 0.25) is 0 Å². The summed E-state index contributed by atoms with van der Waals surface area (Å²) >= 11 is 0. The molecule has 1 saturated heterocycles. The summed E-state index contributed by atoms with van der Waals surface area (Å²) in [4.78, 5) is 39.1. The molecule has 0 bridgehead atoms. The standard InChI is InChI=1S/C21H27N5O5/c1-3-16-12(2)15-10-14(6-7-17(15)31-16)23-19-25(11-13-4-5-13)20(29)24(9-8-18(27)28)21(30)26(19)22/h6-7,10,13,19,23H,3-5,8-9,11,22H2,1-2H3,(H,27,28). The molecule has 2 aromatic rings. The van der Waals surface area contributed by atoms with Crippen molar-refractivity contribution in [3.8, 4) is 0 Å². The number of nitrogens with zero attached hydrogens (tertiary/aromatic N) is 3. The van der Waals surface area contributed by atoms with E-state index in [1.165, 1.54) is 4.90 Å². The van der Waals surface area contributed by atoms with Gasteiger partial charge in [-0.05, 0) is 49.4 Å². The smallest absolute Gasteiger partial charge is 0.345 e. The van der Waals surface area contributed by atoms with Crippen molar-refractivity contribution in [1.29, 1.82) is 0 Å². The lowest BCUT2D eigenvalue weighted by Crippen LogP contribution is -2.71. The number of hydrogen-bond donors (Lipinski definition) is 3. The largest absolute Gasteiger partial charge is 0.481 e. The summed E-state index contributed by atoms with van der Waals surface area (Å²) in [6.07, 6.45) is 1.58. The summed E-state index contributed by atoms with van der Waals surface area (Å²) in [5.41, 5.74) is 2.52. The number of rotatable bonds is 8. The van der Waals surface area contributed by atoms with Crippen LogP contribution in [0.25, 0.3) is 11.0 Å². The van der Waals surface area contributed by atoms with Crippen LogP contribution in [-0.2, 0) is 11.2 Å². The molecule has 31 heavy (non-hydrogen) atoms. The molecule has 0 spiro atoms. The molecule has 4 rings (SSSR count). The van der Waals surface area contributed by atoms with Crippen LogP contribution in [0.1, 0.15) is 37.5 Å². The number of carbonyl (C=O) groups is 3. The van der Waals surface area contributed by atoms with E-state index in [0.717, 1.165) is 51.5 Å². The quantitative estimate of drug-likeness (QED) is 0.434. The molecule has 10 heteroatoms. The predicted molar refractivity (Wildman–Crippen MR) is 113 cm³/mol. The third-order valence-electron chi connectivity index (χ3n) is 5.84. The number of carboxylic acid groups (broad SMARTS) is 1. The van der Waals surface area contributed by atoms with E-state index in [4.69, 9.17) is 15.4 Å². The number of aryl methyl sites for hydroxylation is 2. The van der Waals surface area contributed by atoms with Gasteiger partial charge in [-0.2, -0.15) is 0 Å². The number of aliphatic carboxylic acids is 1. The molecular formula is C21H27N5O5. The summed E-state index contributed by atoms with van der Waals surface area (Å²) in [5, 5.41) is 14.1. The molecule has 1 unspecified atom stereocenters. The molecule has 1 saturated carbocycles. The fraction of sp³-hybridized carbons (Fsp3) is 0.476. The number of imide groups is 1. The van der Waals surface area contributed by atoms with Crippen molar-refractivity contribution in [2.75, 3.05) is 18.4 Å². The number of fused-ring (bicyclic) bond motifs is 1. The van der Waals surface area contributed by atoms with Gasteiger partial charge < -0.3 is 14.8 Å². The Morgan fingerprint density at radius 2 is 2.03 bits per heavy atom. The zero-order valence-electron chi connectivity index (χ0n) is 17.6. The molecule has 2 heterocycles. The molecule has 1 aromatic heterocycles. The van der Waals surface area contributed by atoms with E-state index in [0.29, 0.717) is 18.2 Å². The van der Waals surface area contributed by atoms with Gasteiger partial charge in [0.15, 0.2) is 6.29 Å². The van der Waals surface area contributed by atoms with Crippen LogP contribution in [0.3, 0.4) is 0 Å². The van der Waals surface area contributed by atoms with Crippen LogP contribution in [0, 0.1) is 12.8 Å². The molecule has 0 radical (unpaired) electrons. The first-order valence-corrected chi connectivity index (χ1v) is 10.5. The maximum atomic E-state index is 13.1. The molecular weight excluding hydrogens is 402 g/mol. The van der Waals surface area contributed by atoms with Gasteiger partial charge in [0.25, 0.3) is 0 Å². The number of benzene rings is 1. The van der Waals surface area contributed by atoms with Crippen LogP contribution in [-0.4, -0.2) is 57.3 Å². The highest BCUT2D eigenvalue weighted by Crippen LogP contribution is 2.33. The first-order chi connectivity index (χ1) is 14.8. The van der Waals surface area contributed by atoms with Crippen LogP contribution in [0.5, 0.6) is 0 Å². The van der Waals surface area contributed by atoms with Crippen molar-refractivity contribution in [3.05, 3.63) is 29.5 Å². The van der Waals surface area contributed by atoms with Crippen LogP contribution >= 0.6 is 0 Å². The number of hydrazine groups is 1. The Balaban J connectivity index is 1.61. The molecule has 2 aliphatic rings. The van der Waals surface area contributed by atoms with Crippen molar-refractivity contribution >= 4 is 34.7 Å². The molecule has 10 nitrogen and oxygen atoms in total.